The van der Waals surface area contributed by atoms with Crippen molar-refractivity contribution in [3.8, 4) is 0 Å². The lowest BCUT2D eigenvalue weighted by molar-refractivity contribution is -0.143. The number of carbonyl (C=O) groups is 1. The van der Waals surface area contributed by atoms with Gasteiger partial charge in [0.25, 0.3) is 5.91 Å². The van der Waals surface area contributed by atoms with Crippen molar-refractivity contribution < 1.29 is 9.53 Å². The molecule has 4 heteroatoms. The van der Waals surface area contributed by atoms with Crippen molar-refractivity contribution in [2.45, 2.75) is 51.7 Å². The Balaban J connectivity index is 1.81. The SMILES string of the molecule is CCCNC1CCN(C(=O)C2CCCO2)CC1C. The maximum atomic E-state index is 12.2. The van der Waals surface area contributed by atoms with E-state index < -0.39 is 0 Å². The molecule has 18 heavy (non-hydrogen) atoms. The number of piperidine rings is 1. The van der Waals surface area contributed by atoms with Crippen LogP contribution in [0.1, 0.15) is 39.5 Å². The molecule has 2 rings (SSSR count). The number of hydrogen-bond donors (Lipinski definition) is 1. The normalized spacial score (nSPS) is 32.8. The summed E-state index contributed by atoms with van der Waals surface area (Å²) in [6.45, 7) is 8.01. The lowest BCUT2D eigenvalue weighted by atomic mass is 9.93. The zero-order chi connectivity index (χ0) is 13.0. The molecular formula is C14H26N2O2. The molecule has 0 aliphatic carbocycles. The van der Waals surface area contributed by atoms with Crippen LogP contribution in [0.4, 0.5) is 0 Å². The summed E-state index contributed by atoms with van der Waals surface area (Å²) in [6.07, 6.45) is 4.01. The Morgan fingerprint density at radius 1 is 1.44 bits per heavy atom. The summed E-state index contributed by atoms with van der Waals surface area (Å²) in [5.74, 6) is 0.754. The van der Waals surface area contributed by atoms with Crippen LogP contribution < -0.4 is 5.32 Å². The van der Waals surface area contributed by atoms with Gasteiger partial charge in [0.2, 0.25) is 0 Å². The molecule has 3 atom stereocenters. The van der Waals surface area contributed by atoms with E-state index in [1.165, 1.54) is 6.42 Å². The third kappa shape index (κ3) is 3.23. The van der Waals surface area contributed by atoms with Crippen LogP contribution in [0.25, 0.3) is 0 Å². The Morgan fingerprint density at radius 3 is 2.89 bits per heavy atom. The van der Waals surface area contributed by atoms with Crippen molar-refractivity contribution in [2.24, 2.45) is 5.92 Å². The predicted molar refractivity (Wildman–Crippen MR) is 71.4 cm³/mol. The Bertz CT molecular complexity index is 277. The Kier molecular flexibility index (Phi) is 5.01. The Morgan fingerprint density at radius 2 is 2.28 bits per heavy atom. The molecule has 2 fully saturated rings. The third-order valence-electron chi connectivity index (χ3n) is 4.08. The second-order valence-electron chi connectivity index (χ2n) is 5.61. The second-order valence-corrected chi connectivity index (χ2v) is 5.61. The van der Waals surface area contributed by atoms with Crippen molar-refractivity contribution in [1.29, 1.82) is 0 Å². The maximum Gasteiger partial charge on any atom is 0.251 e. The number of carbonyl (C=O) groups excluding carboxylic acids is 1. The van der Waals surface area contributed by atoms with Crippen molar-refractivity contribution in [3.05, 3.63) is 0 Å². The average molecular weight is 254 g/mol. The van der Waals surface area contributed by atoms with Gasteiger partial charge >= 0.3 is 0 Å². The van der Waals surface area contributed by atoms with Gasteiger partial charge in [0.05, 0.1) is 0 Å². The molecule has 0 radical (unpaired) electrons. The van der Waals surface area contributed by atoms with Gasteiger partial charge < -0.3 is 15.0 Å². The van der Waals surface area contributed by atoms with E-state index in [0.29, 0.717) is 12.0 Å². The van der Waals surface area contributed by atoms with Gasteiger partial charge in [0, 0.05) is 25.7 Å². The van der Waals surface area contributed by atoms with Crippen molar-refractivity contribution >= 4 is 5.91 Å². The summed E-state index contributed by atoms with van der Waals surface area (Å²) in [5, 5.41) is 3.58. The number of hydrogen-bond acceptors (Lipinski definition) is 3. The number of nitrogens with zero attached hydrogens (tertiary/aromatic N) is 1. The van der Waals surface area contributed by atoms with E-state index in [1.807, 2.05) is 4.90 Å². The quantitative estimate of drug-likeness (QED) is 0.824. The molecule has 0 aromatic rings. The summed E-state index contributed by atoms with van der Waals surface area (Å²) in [5.41, 5.74) is 0. The molecule has 1 amide bonds. The molecule has 0 aromatic heterocycles. The molecule has 2 aliphatic rings. The van der Waals surface area contributed by atoms with E-state index in [0.717, 1.165) is 45.5 Å². The first-order chi connectivity index (χ1) is 8.72. The van der Waals surface area contributed by atoms with E-state index in [-0.39, 0.29) is 12.0 Å². The summed E-state index contributed by atoms with van der Waals surface area (Å²) in [7, 11) is 0. The van der Waals surface area contributed by atoms with Crippen LogP contribution in [0.15, 0.2) is 0 Å². The monoisotopic (exact) mass is 254 g/mol. The zero-order valence-electron chi connectivity index (χ0n) is 11.7. The lowest BCUT2D eigenvalue weighted by Gasteiger charge is -2.38. The second kappa shape index (κ2) is 6.53. The van der Waals surface area contributed by atoms with Crippen LogP contribution in [0, 0.1) is 5.92 Å². The van der Waals surface area contributed by atoms with E-state index in [1.54, 1.807) is 0 Å². The molecule has 1 N–H and O–H groups in total. The highest BCUT2D eigenvalue weighted by Crippen LogP contribution is 2.21. The molecule has 0 saturated carbocycles. The van der Waals surface area contributed by atoms with Crippen LogP contribution in [-0.4, -0.2) is 49.2 Å². The smallest absolute Gasteiger partial charge is 0.251 e. The number of nitrogens with one attached hydrogen (secondary N) is 1. The van der Waals surface area contributed by atoms with E-state index >= 15 is 0 Å². The van der Waals surface area contributed by atoms with Crippen molar-refractivity contribution in [1.82, 2.24) is 10.2 Å². The topological polar surface area (TPSA) is 41.6 Å². The van der Waals surface area contributed by atoms with Gasteiger partial charge in [-0.25, -0.2) is 0 Å². The van der Waals surface area contributed by atoms with Crippen molar-refractivity contribution in [2.75, 3.05) is 26.2 Å². The number of ether oxygens (including phenoxy) is 1. The molecule has 0 spiro atoms. The van der Waals surface area contributed by atoms with Gasteiger partial charge in [0.1, 0.15) is 6.10 Å². The molecule has 2 aliphatic heterocycles. The van der Waals surface area contributed by atoms with Gasteiger partial charge in [-0.2, -0.15) is 0 Å². The highest BCUT2D eigenvalue weighted by molar-refractivity contribution is 5.81. The van der Waals surface area contributed by atoms with Crippen LogP contribution in [-0.2, 0) is 9.53 Å². The van der Waals surface area contributed by atoms with Gasteiger partial charge in [0.15, 0.2) is 0 Å². The van der Waals surface area contributed by atoms with Gasteiger partial charge in [-0.15, -0.1) is 0 Å². The maximum absolute atomic E-state index is 12.2. The summed E-state index contributed by atoms with van der Waals surface area (Å²) in [4.78, 5) is 14.3. The minimum atomic E-state index is -0.155. The first kappa shape index (κ1) is 13.8. The minimum Gasteiger partial charge on any atom is -0.368 e. The Hall–Kier alpha value is -0.610. The molecule has 2 heterocycles. The number of amides is 1. The molecule has 4 nitrogen and oxygen atoms in total. The van der Waals surface area contributed by atoms with Crippen LogP contribution in [0.3, 0.4) is 0 Å². The van der Waals surface area contributed by atoms with Crippen molar-refractivity contribution in [3.63, 3.8) is 0 Å². The van der Waals surface area contributed by atoms with Crippen LogP contribution in [0.2, 0.25) is 0 Å². The Labute approximate surface area is 110 Å². The van der Waals surface area contributed by atoms with E-state index in [9.17, 15) is 4.79 Å². The third-order valence-corrected chi connectivity index (χ3v) is 4.08. The number of likely N-dealkylation sites (tertiary alicyclic amines) is 1. The zero-order valence-corrected chi connectivity index (χ0v) is 11.7. The fourth-order valence-corrected chi connectivity index (χ4v) is 2.95. The predicted octanol–water partition coefficient (Wildman–Crippen LogP) is 1.40. The van der Waals surface area contributed by atoms with Gasteiger partial charge in [-0.05, 0) is 38.1 Å². The highest BCUT2D eigenvalue weighted by Gasteiger charge is 2.33. The fourth-order valence-electron chi connectivity index (χ4n) is 2.95. The highest BCUT2D eigenvalue weighted by atomic mass is 16.5. The molecule has 2 saturated heterocycles. The van der Waals surface area contributed by atoms with E-state index in [2.05, 4.69) is 19.2 Å². The summed E-state index contributed by atoms with van der Waals surface area (Å²) < 4.78 is 5.49. The standard InChI is InChI=1S/C14H26N2O2/c1-3-7-15-12-6-8-16(10-11(12)2)14(17)13-5-4-9-18-13/h11-13,15H,3-10H2,1-2H3. The lowest BCUT2D eigenvalue weighted by Crippen LogP contribution is -2.52. The summed E-state index contributed by atoms with van der Waals surface area (Å²) >= 11 is 0. The fraction of sp³-hybridized carbons (Fsp3) is 0.929. The summed E-state index contributed by atoms with van der Waals surface area (Å²) in [6, 6.07) is 0.568. The molecule has 0 aromatic carbocycles. The first-order valence-corrected chi connectivity index (χ1v) is 7.36. The molecular weight excluding hydrogens is 228 g/mol. The van der Waals surface area contributed by atoms with Gasteiger partial charge in [-0.3, -0.25) is 4.79 Å². The number of rotatable bonds is 4. The first-order valence-electron chi connectivity index (χ1n) is 7.36. The molecule has 104 valence electrons. The average Bonchev–Trinajstić information content (AvgIpc) is 2.90. The minimum absolute atomic E-state index is 0.155. The largest absolute Gasteiger partial charge is 0.368 e. The molecule has 3 unspecified atom stereocenters. The van der Waals surface area contributed by atoms with Gasteiger partial charge in [-0.1, -0.05) is 13.8 Å². The van der Waals surface area contributed by atoms with Crippen LogP contribution in [0.5, 0.6) is 0 Å². The van der Waals surface area contributed by atoms with E-state index in [4.69, 9.17) is 4.74 Å². The molecule has 0 bridgehead atoms. The van der Waals surface area contributed by atoms with Crippen LogP contribution >= 0.6 is 0 Å².